The fourth-order valence-corrected chi connectivity index (χ4v) is 5.23. The summed E-state index contributed by atoms with van der Waals surface area (Å²) in [5, 5.41) is 0.683. The van der Waals surface area contributed by atoms with Crippen LogP contribution in [0.4, 0.5) is 4.39 Å². The summed E-state index contributed by atoms with van der Waals surface area (Å²) in [6.07, 6.45) is 0.883. The Morgan fingerprint density at radius 3 is 2.88 bits per heavy atom. The number of benzene rings is 1. The van der Waals surface area contributed by atoms with E-state index in [0.717, 1.165) is 28.3 Å². The lowest BCUT2D eigenvalue weighted by atomic mass is 10.1. The number of hydrogen-bond acceptors (Lipinski definition) is 5. The summed E-state index contributed by atoms with van der Waals surface area (Å²) in [4.78, 5) is 19.7. The molecular formula is C17H15FN2O2S2. The fraction of sp³-hybridized carbons (Fsp3) is 0.294. The monoisotopic (exact) mass is 362 g/mol. The standard InChI is InChI=1S/C17H15FN2O2S2/c1-2-22-17-19-15-14(12-7-8-23-9-13(12)24-15)16(21)20(17)11-5-3-10(18)4-6-11/h3-6H,2,7-9H2,1H3. The van der Waals surface area contributed by atoms with Crippen molar-refractivity contribution < 1.29 is 9.13 Å². The molecule has 0 aliphatic carbocycles. The van der Waals surface area contributed by atoms with Gasteiger partial charge < -0.3 is 4.74 Å². The van der Waals surface area contributed by atoms with Crippen LogP contribution in [0.1, 0.15) is 17.4 Å². The first kappa shape index (κ1) is 15.7. The lowest BCUT2D eigenvalue weighted by Crippen LogP contribution is -2.22. The van der Waals surface area contributed by atoms with Crippen molar-refractivity contribution in [2.75, 3.05) is 12.4 Å². The van der Waals surface area contributed by atoms with Crippen LogP contribution in [0.3, 0.4) is 0 Å². The van der Waals surface area contributed by atoms with Crippen LogP contribution in [0.15, 0.2) is 29.1 Å². The van der Waals surface area contributed by atoms with E-state index in [1.165, 1.54) is 21.6 Å². The zero-order valence-corrected chi connectivity index (χ0v) is 14.7. The topological polar surface area (TPSA) is 44.1 Å². The predicted octanol–water partition coefficient (Wildman–Crippen LogP) is 3.77. The van der Waals surface area contributed by atoms with Gasteiger partial charge in [0, 0.05) is 10.6 Å². The van der Waals surface area contributed by atoms with Crippen molar-refractivity contribution in [1.29, 1.82) is 0 Å². The van der Waals surface area contributed by atoms with Gasteiger partial charge in [-0.05, 0) is 48.9 Å². The van der Waals surface area contributed by atoms with Gasteiger partial charge in [-0.3, -0.25) is 4.79 Å². The number of nitrogens with zero attached hydrogens (tertiary/aromatic N) is 2. The Bertz CT molecular complexity index is 963. The van der Waals surface area contributed by atoms with E-state index < -0.39 is 0 Å². The maximum atomic E-state index is 13.2. The predicted molar refractivity (Wildman–Crippen MR) is 96.2 cm³/mol. The summed E-state index contributed by atoms with van der Waals surface area (Å²) in [5.74, 6) is 1.60. The molecule has 0 radical (unpaired) electrons. The number of fused-ring (bicyclic) bond motifs is 3. The van der Waals surface area contributed by atoms with Gasteiger partial charge in [0.05, 0.1) is 17.7 Å². The molecule has 24 heavy (non-hydrogen) atoms. The van der Waals surface area contributed by atoms with Gasteiger partial charge >= 0.3 is 6.01 Å². The van der Waals surface area contributed by atoms with Crippen molar-refractivity contribution in [2.24, 2.45) is 0 Å². The number of thioether (sulfide) groups is 1. The molecule has 0 atom stereocenters. The molecule has 1 aliphatic rings. The minimum Gasteiger partial charge on any atom is -0.465 e. The second-order valence-electron chi connectivity index (χ2n) is 5.43. The Balaban J connectivity index is 2.02. The molecule has 0 saturated carbocycles. The molecule has 124 valence electrons. The van der Waals surface area contributed by atoms with Crippen molar-refractivity contribution in [2.45, 2.75) is 19.1 Å². The average molecular weight is 362 g/mol. The van der Waals surface area contributed by atoms with Crippen LogP contribution in [-0.4, -0.2) is 21.9 Å². The van der Waals surface area contributed by atoms with Crippen LogP contribution in [0.25, 0.3) is 15.9 Å². The number of halogens is 1. The second kappa shape index (κ2) is 6.22. The molecule has 0 saturated heterocycles. The van der Waals surface area contributed by atoms with E-state index in [1.807, 2.05) is 18.7 Å². The third kappa shape index (κ3) is 2.52. The number of ether oxygens (including phenoxy) is 1. The fourth-order valence-electron chi connectivity index (χ4n) is 2.90. The molecule has 4 nitrogen and oxygen atoms in total. The highest BCUT2D eigenvalue weighted by molar-refractivity contribution is 7.98. The van der Waals surface area contributed by atoms with Crippen molar-refractivity contribution in [3.05, 3.63) is 50.9 Å². The van der Waals surface area contributed by atoms with Crippen molar-refractivity contribution >= 4 is 33.3 Å². The molecule has 0 N–H and O–H groups in total. The Morgan fingerprint density at radius 1 is 1.33 bits per heavy atom. The van der Waals surface area contributed by atoms with Gasteiger partial charge in [0.2, 0.25) is 0 Å². The van der Waals surface area contributed by atoms with Crippen molar-refractivity contribution in [1.82, 2.24) is 9.55 Å². The second-order valence-corrected chi connectivity index (χ2v) is 7.62. The Labute approximate surface area is 146 Å². The van der Waals surface area contributed by atoms with Crippen molar-refractivity contribution in [3.63, 3.8) is 0 Å². The van der Waals surface area contributed by atoms with E-state index in [1.54, 1.807) is 23.5 Å². The van der Waals surface area contributed by atoms with E-state index in [9.17, 15) is 9.18 Å². The van der Waals surface area contributed by atoms with Crippen LogP contribution >= 0.6 is 23.1 Å². The van der Waals surface area contributed by atoms with Crippen LogP contribution in [0.2, 0.25) is 0 Å². The number of aryl methyl sites for hydroxylation is 1. The van der Waals surface area contributed by atoms with Crippen LogP contribution in [-0.2, 0) is 12.2 Å². The van der Waals surface area contributed by atoms with E-state index >= 15 is 0 Å². The Hall–Kier alpha value is -1.86. The summed E-state index contributed by atoms with van der Waals surface area (Å²) in [6.45, 7) is 2.25. The molecule has 3 heterocycles. The molecule has 0 amide bonds. The van der Waals surface area contributed by atoms with Gasteiger partial charge in [-0.1, -0.05) is 0 Å². The molecule has 3 aromatic rings. The van der Waals surface area contributed by atoms with Gasteiger partial charge in [0.25, 0.3) is 5.56 Å². The molecule has 1 aliphatic heterocycles. The van der Waals surface area contributed by atoms with E-state index in [-0.39, 0.29) is 17.4 Å². The first-order chi connectivity index (χ1) is 11.7. The minimum absolute atomic E-state index is 0.139. The summed E-state index contributed by atoms with van der Waals surface area (Å²) < 4.78 is 20.3. The van der Waals surface area contributed by atoms with Gasteiger partial charge in [-0.15, -0.1) is 11.3 Å². The molecule has 1 aromatic carbocycles. The van der Waals surface area contributed by atoms with Crippen LogP contribution < -0.4 is 10.3 Å². The lowest BCUT2D eigenvalue weighted by Gasteiger charge is -2.13. The molecule has 0 spiro atoms. The largest absolute Gasteiger partial charge is 0.465 e. The molecule has 0 bridgehead atoms. The van der Waals surface area contributed by atoms with Crippen LogP contribution in [0, 0.1) is 5.82 Å². The highest BCUT2D eigenvalue weighted by atomic mass is 32.2. The van der Waals surface area contributed by atoms with Gasteiger partial charge in [0.15, 0.2) is 0 Å². The van der Waals surface area contributed by atoms with E-state index in [4.69, 9.17) is 4.74 Å². The molecule has 4 rings (SSSR count). The maximum absolute atomic E-state index is 13.2. The lowest BCUT2D eigenvalue weighted by molar-refractivity contribution is 0.304. The summed E-state index contributed by atoms with van der Waals surface area (Å²) in [5.41, 5.74) is 1.54. The zero-order chi connectivity index (χ0) is 16.7. The Morgan fingerprint density at radius 2 is 2.12 bits per heavy atom. The number of rotatable bonds is 3. The summed E-state index contributed by atoms with van der Waals surface area (Å²) in [7, 11) is 0. The summed E-state index contributed by atoms with van der Waals surface area (Å²) >= 11 is 3.45. The minimum atomic E-state index is -0.344. The molecule has 7 heteroatoms. The quantitative estimate of drug-likeness (QED) is 0.711. The van der Waals surface area contributed by atoms with Gasteiger partial charge in [-0.25, -0.2) is 8.96 Å². The number of aromatic nitrogens is 2. The third-order valence-corrected chi connectivity index (χ3v) is 6.26. The SMILES string of the molecule is CCOc1nc2sc3c(c2c(=O)n1-c1ccc(F)cc1)CCSC3. The normalized spacial score (nSPS) is 13.9. The first-order valence-electron chi connectivity index (χ1n) is 7.73. The molecule has 2 aromatic heterocycles. The zero-order valence-electron chi connectivity index (χ0n) is 13.0. The highest BCUT2D eigenvalue weighted by Gasteiger charge is 2.23. The molecule has 0 fully saturated rings. The van der Waals surface area contributed by atoms with Crippen LogP contribution in [0.5, 0.6) is 6.01 Å². The maximum Gasteiger partial charge on any atom is 0.305 e. The van der Waals surface area contributed by atoms with E-state index in [2.05, 4.69) is 4.98 Å². The highest BCUT2D eigenvalue weighted by Crippen LogP contribution is 2.36. The number of thiophene rings is 1. The molecule has 0 unspecified atom stereocenters. The third-order valence-electron chi connectivity index (χ3n) is 3.97. The average Bonchev–Trinajstić information content (AvgIpc) is 2.95. The number of hydrogen-bond donors (Lipinski definition) is 0. The van der Waals surface area contributed by atoms with Gasteiger partial charge in [0.1, 0.15) is 10.6 Å². The molecular weight excluding hydrogens is 347 g/mol. The van der Waals surface area contributed by atoms with Crippen molar-refractivity contribution in [3.8, 4) is 11.7 Å². The summed E-state index contributed by atoms with van der Waals surface area (Å²) in [6, 6.07) is 6.07. The van der Waals surface area contributed by atoms with E-state index in [0.29, 0.717) is 17.7 Å². The van der Waals surface area contributed by atoms with Gasteiger partial charge in [-0.2, -0.15) is 16.7 Å². The first-order valence-corrected chi connectivity index (χ1v) is 9.70. The smallest absolute Gasteiger partial charge is 0.305 e. The Kier molecular flexibility index (Phi) is 4.05.